The summed E-state index contributed by atoms with van der Waals surface area (Å²) in [7, 11) is 0. The van der Waals surface area contributed by atoms with Crippen molar-refractivity contribution in [2.75, 3.05) is 13.1 Å². The van der Waals surface area contributed by atoms with Crippen LogP contribution in [0.1, 0.15) is 45.8 Å². The lowest BCUT2D eigenvalue weighted by Gasteiger charge is -2.33. The van der Waals surface area contributed by atoms with Crippen LogP contribution in [-0.4, -0.2) is 23.8 Å². The smallest absolute Gasteiger partial charge is 0.137 e. The molecule has 2 unspecified atom stereocenters. The van der Waals surface area contributed by atoms with Gasteiger partial charge in [0.1, 0.15) is 11.5 Å². The summed E-state index contributed by atoms with van der Waals surface area (Å²) in [6, 6.07) is 3.92. The molecule has 3 heteroatoms. The fourth-order valence-corrected chi connectivity index (χ4v) is 3.17. The van der Waals surface area contributed by atoms with Crippen LogP contribution in [0.5, 0.6) is 0 Å². The van der Waals surface area contributed by atoms with Crippen molar-refractivity contribution >= 4 is 5.78 Å². The van der Waals surface area contributed by atoms with Crippen molar-refractivity contribution in [1.29, 1.82) is 0 Å². The molecule has 0 amide bonds. The Morgan fingerprint density at radius 2 is 2.25 bits per heavy atom. The lowest BCUT2D eigenvalue weighted by Crippen LogP contribution is -2.37. The quantitative estimate of drug-likeness (QED) is 0.794. The summed E-state index contributed by atoms with van der Waals surface area (Å²) >= 11 is 0. The number of furan rings is 1. The van der Waals surface area contributed by atoms with Crippen LogP contribution >= 0.6 is 0 Å². The number of Topliss-reactive ketones (excluding diaryl/α,β-unsaturated/α-hetero) is 1. The molecule has 112 valence electrons. The third-order valence-corrected chi connectivity index (χ3v) is 4.63. The molecular formula is C17H27NO2. The first-order valence-corrected chi connectivity index (χ1v) is 7.87. The summed E-state index contributed by atoms with van der Waals surface area (Å²) in [4.78, 5) is 14.5. The van der Waals surface area contributed by atoms with E-state index in [1.54, 1.807) is 6.26 Å². The van der Waals surface area contributed by atoms with Crippen LogP contribution in [0, 0.1) is 17.8 Å². The monoisotopic (exact) mass is 277 g/mol. The van der Waals surface area contributed by atoms with Crippen molar-refractivity contribution in [3.63, 3.8) is 0 Å². The molecule has 0 aliphatic heterocycles. The van der Waals surface area contributed by atoms with Crippen LogP contribution in [0.3, 0.4) is 0 Å². The van der Waals surface area contributed by atoms with Gasteiger partial charge in [-0.2, -0.15) is 0 Å². The van der Waals surface area contributed by atoms with Gasteiger partial charge in [-0.1, -0.05) is 20.8 Å². The second kappa shape index (κ2) is 7.07. The molecule has 1 fully saturated rings. The highest BCUT2D eigenvalue weighted by molar-refractivity contribution is 5.82. The molecule has 0 N–H and O–H groups in total. The van der Waals surface area contributed by atoms with Crippen molar-refractivity contribution in [3.8, 4) is 0 Å². The molecule has 0 radical (unpaired) electrons. The highest BCUT2D eigenvalue weighted by atomic mass is 16.3. The zero-order valence-electron chi connectivity index (χ0n) is 13.0. The van der Waals surface area contributed by atoms with Gasteiger partial charge in [0.15, 0.2) is 0 Å². The van der Waals surface area contributed by atoms with Crippen molar-refractivity contribution in [3.05, 3.63) is 24.2 Å². The fourth-order valence-electron chi connectivity index (χ4n) is 3.17. The van der Waals surface area contributed by atoms with E-state index in [1.165, 1.54) is 0 Å². The van der Waals surface area contributed by atoms with E-state index in [4.69, 9.17) is 4.42 Å². The average Bonchev–Trinajstić information content (AvgIpc) is 2.92. The predicted octanol–water partition coefficient (Wildman–Crippen LogP) is 3.74. The number of carbonyl (C=O) groups excluding carboxylic acids is 1. The molecule has 1 aromatic rings. The van der Waals surface area contributed by atoms with E-state index in [0.29, 0.717) is 17.6 Å². The molecule has 20 heavy (non-hydrogen) atoms. The maximum Gasteiger partial charge on any atom is 0.137 e. The van der Waals surface area contributed by atoms with Gasteiger partial charge in [-0.15, -0.1) is 0 Å². The van der Waals surface area contributed by atoms with E-state index in [-0.39, 0.29) is 5.92 Å². The summed E-state index contributed by atoms with van der Waals surface area (Å²) in [5.74, 6) is 3.05. The Bertz CT molecular complexity index is 411. The molecule has 0 bridgehead atoms. The molecule has 2 rings (SSSR count). The van der Waals surface area contributed by atoms with Gasteiger partial charge in [0.05, 0.1) is 12.8 Å². The van der Waals surface area contributed by atoms with E-state index < -0.39 is 0 Å². The van der Waals surface area contributed by atoms with Gasteiger partial charge in [0.25, 0.3) is 0 Å². The third kappa shape index (κ3) is 3.95. The summed E-state index contributed by atoms with van der Waals surface area (Å²) < 4.78 is 5.41. The lowest BCUT2D eigenvalue weighted by atomic mass is 9.75. The first kappa shape index (κ1) is 15.3. The summed E-state index contributed by atoms with van der Waals surface area (Å²) in [5.41, 5.74) is 0. The van der Waals surface area contributed by atoms with E-state index >= 15 is 0 Å². The Morgan fingerprint density at radius 3 is 2.85 bits per heavy atom. The number of carbonyl (C=O) groups is 1. The first-order chi connectivity index (χ1) is 9.60. The molecule has 3 nitrogen and oxygen atoms in total. The maximum atomic E-state index is 12.2. The van der Waals surface area contributed by atoms with Gasteiger partial charge in [-0.3, -0.25) is 9.69 Å². The van der Waals surface area contributed by atoms with E-state index in [9.17, 15) is 4.79 Å². The van der Waals surface area contributed by atoms with Crippen molar-refractivity contribution in [1.82, 2.24) is 4.90 Å². The first-order valence-electron chi connectivity index (χ1n) is 7.87. The van der Waals surface area contributed by atoms with Gasteiger partial charge in [0, 0.05) is 18.9 Å². The number of nitrogens with zero attached hydrogens (tertiary/aromatic N) is 1. The van der Waals surface area contributed by atoms with Crippen LogP contribution in [0.4, 0.5) is 0 Å². The molecule has 2 atom stereocenters. The highest BCUT2D eigenvalue weighted by Crippen LogP contribution is 2.32. The topological polar surface area (TPSA) is 33.5 Å². The predicted molar refractivity (Wildman–Crippen MR) is 80.3 cm³/mol. The number of ketones is 1. The minimum Gasteiger partial charge on any atom is -0.468 e. The van der Waals surface area contributed by atoms with Crippen LogP contribution in [0.15, 0.2) is 22.8 Å². The third-order valence-electron chi connectivity index (χ3n) is 4.63. The van der Waals surface area contributed by atoms with Gasteiger partial charge < -0.3 is 4.42 Å². The normalized spacial score (nSPS) is 23.8. The van der Waals surface area contributed by atoms with E-state index in [0.717, 1.165) is 44.7 Å². The van der Waals surface area contributed by atoms with Gasteiger partial charge in [0.2, 0.25) is 0 Å². The molecule has 1 aliphatic rings. The summed E-state index contributed by atoms with van der Waals surface area (Å²) in [5, 5.41) is 0. The average molecular weight is 277 g/mol. The lowest BCUT2D eigenvalue weighted by molar-refractivity contribution is -0.126. The van der Waals surface area contributed by atoms with Crippen molar-refractivity contribution in [2.24, 2.45) is 17.8 Å². The largest absolute Gasteiger partial charge is 0.468 e. The van der Waals surface area contributed by atoms with Crippen LogP contribution < -0.4 is 0 Å². The Kier molecular flexibility index (Phi) is 5.41. The minimum absolute atomic E-state index is 0.214. The van der Waals surface area contributed by atoms with Gasteiger partial charge in [-0.25, -0.2) is 0 Å². The zero-order valence-corrected chi connectivity index (χ0v) is 13.0. The molecule has 0 aromatic carbocycles. The maximum absolute atomic E-state index is 12.2. The summed E-state index contributed by atoms with van der Waals surface area (Å²) in [6.45, 7) is 9.34. The molecule has 1 heterocycles. The Hall–Kier alpha value is -1.09. The molecule has 1 saturated carbocycles. The SMILES string of the molecule is CCN(Cc1ccco1)CC1CC(C(C)C)CCC1=O. The van der Waals surface area contributed by atoms with Crippen molar-refractivity contribution < 1.29 is 9.21 Å². The standard InChI is InChI=1S/C17H27NO2/c1-4-18(12-16-6-5-9-20-16)11-15-10-14(13(2)3)7-8-17(15)19/h5-6,9,13-15H,4,7-8,10-12H2,1-3H3. The molecule has 1 aliphatic carbocycles. The van der Waals surface area contributed by atoms with E-state index in [1.807, 2.05) is 12.1 Å². The Morgan fingerprint density at radius 1 is 1.45 bits per heavy atom. The van der Waals surface area contributed by atoms with Crippen molar-refractivity contribution in [2.45, 2.75) is 46.6 Å². The minimum atomic E-state index is 0.214. The number of hydrogen-bond acceptors (Lipinski definition) is 3. The Labute approximate surface area is 122 Å². The van der Waals surface area contributed by atoms with Crippen LogP contribution in [0.25, 0.3) is 0 Å². The second-order valence-corrected chi connectivity index (χ2v) is 6.35. The molecule has 0 spiro atoms. The Balaban J connectivity index is 1.93. The fraction of sp³-hybridized carbons (Fsp3) is 0.706. The molecule has 1 aromatic heterocycles. The molecule has 0 saturated heterocycles. The van der Waals surface area contributed by atoms with Gasteiger partial charge in [-0.05, 0) is 43.4 Å². The van der Waals surface area contributed by atoms with Crippen LogP contribution in [-0.2, 0) is 11.3 Å². The summed E-state index contributed by atoms with van der Waals surface area (Å²) in [6.07, 6.45) is 4.62. The highest BCUT2D eigenvalue weighted by Gasteiger charge is 2.31. The van der Waals surface area contributed by atoms with Crippen LogP contribution in [0.2, 0.25) is 0 Å². The number of rotatable bonds is 6. The molecular weight excluding hydrogens is 250 g/mol. The second-order valence-electron chi connectivity index (χ2n) is 6.35. The van der Waals surface area contributed by atoms with E-state index in [2.05, 4.69) is 25.7 Å². The number of hydrogen-bond donors (Lipinski definition) is 0. The zero-order chi connectivity index (χ0) is 14.5. The van der Waals surface area contributed by atoms with Gasteiger partial charge >= 0.3 is 0 Å².